The number of carbonyl (C=O) groups is 1. The minimum Gasteiger partial charge on any atom is -0.384 e. The van der Waals surface area contributed by atoms with E-state index >= 15 is 0 Å². The number of anilines is 2. The van der Waals surface area contributed by atoms with Gasteiger partial charge in [-0.05, 0) is 30.4 Å². The number of hydrogen-bond donors (Lipinski definition) is 2. The summed E-state index contributed by atoms with van der Waals surface area (Å²) in [6, 6.07) is 6.07. The highest BCUT2D eigenvalue weighted by atomic mass is 16.5. The number of ether oxygens (including phenoxy) is 1. The molecule has 0 aromatic heterocycles. The van der Waals surface area contributed by atoms with Gasteiger partial charge in [0.15, 0.2) is 0 Å². The first-order valence-electron chi connectivity index (χ1n) is 6.85. The molecule has 0 fully saturated rings. The molecule has 2 N–H and O–H groups in total. The summed E-state index contributed by atoms with van der Waals surface area (Å²) < 4.78 is 5.05. The minimum atomic E-state index is 0.0466. The van der Waals surface area contributed by atoms with Gasteiger partial charge in [-0.25, -0.2) is 0 Å². The summed E-state index contributed by atoms with van der Waals surface area (Å²) >= 11 is 0. The predicted octanol–water partition coefficient (Wildman–Crippen LogP) is 2.66. The van der Waals surface area contributed by atoms with Gasteiger partial charge in [0.05, 0.1) is 11.4 Å². The number of amides is 1. The Morgan fingerprint density at radius 3 is 3.16 bits per heavy atom. The maximum atomic E-state index is 12.0. The zero-order chi connectivity index (χ0) is 13.7. The molecule has 1 heterocycles. The number of methoxy groups -OCH3 is 1. The number of fused-ring (bicyclic) bond motifs is 1. The van der Waals surface area contributed by atoms with Crippen LogP contribution in [-0.4, -0.2) is 26.2 Å². The highest BCUT2D eigenvalue weighted by Gasteiger charge is 2.15. The second-order valence-electron chi connectivity index (χ2n) is 5.18. The molecule has 1 atom stereocenters. The van der Waals surface area contributed by atoms with Crippen molar-refractivity contribution >= 4 is 17.3 Å². The van der Waals surface area contributed by atoms with Gasteiger partial charge in [-0.3, -0.25) is 4.79 Å². The Bertz CT molecular complexity index is 446. The molecule has 1 aromatic carbocycles. The normalized spacial score (nSPS) is 15.3. The van der Waals surface area contributed by atoms with Crippen LogP contribution in [0.2, 0.25) is 0 Å². The molecule has 0 spiro atoms. The Balaban J connectivity index is 2.01. The molecule has 1 aromatic rings. The Labute approximate surface area is 114 Å². The Hall–Kier alpha value is -1.55. The summed E-state index contributed by atoms with van der Waals surface area (Å²) in [6.45, 7) is 3.60. The Kier molecular flexibility index (Phi) is 4.80. The van der Waals surface area contributed by atoms with Gasteiger partial charge in [0, 0.05) is 26.7 Å². The van der Waals surface area contributed by atoms with E-state index in [-0.39, 0.29) is 11.8 Å². The monoisotopic (exact) mass is 262 g/mol. The third kappa shape index (κ3) is 3.70. The molecule has 0 saturated heterocycles. The number of hydrogen-bond acceptors (Lipinski definition) is 3. The van der Waals surface area contributed by atoms with Crippen LogP contribution >= 0.6 is 0 Å². The van der Waals surface area contributed by atoms with E-state index < -0.39 is 0 Å². The van der Waals surface area contributed by atoms with Crippen molar-refractivity contribution in [2.45, 2.75) is 26.2 Å². The molecule has 2 rings (SSSR count). The molecule has 1 unspecified atom stereocenters. The fourth-order valence-corrected chi connectivity index (χ4v) is 2.47. The largest absolute Gasteiger partial charge is 0.384 e. The van der Waals surface area contributed by atoms with Crippen molar-refractivity contribution in [3.8, 4) is 0 Å². The first-order chi connectivity index (χ1) is 9.20. The third-order valence-corrected chi connectivity index (χ3v) is 3.33. The molecule has 0 bridgehead atoms. The van der Waals surface area contributed by atoms with E-state index in [1.54, 1.807) is 7.11 Å². The molecule has 0 aliphatic carbocycles. The first-order valence-corrected chi connectivity index (χ1v) is 6.85. The standard InChI is InChI=1S/C15H22N2O2/c1-11(10-19-2)9-14(18)17-13-7-3-5-12-6-4-8-16-15(12)13/h3,5,7,11,16H,4,6,8-10H2,1-2H3,(H,17,18). The van der Waals surface area contributed by atoms with Crippen molar-refractivity contribution in [2.24, 2.45) is 5.92 Å². The molecular formula is C15H22N2O2. The summed E-state index contributed by atoms with van der Waals surface area (Å²) in [4.78, 5) is 12.0. The first kappa shape index (κ1) is 13.9. The fraction of sp³-hybridized carbons (Fsp3) is 0.533. The zero-order valence-corrected chi connectivity index (χ0v) is 11.7. The van der Waals surface area contributed by atoms with E-state index in [0.717, 1.165) is 30.8 Å². The van der Waals surface area contributed by atoms with Crippen LogP contribution in [0.5, 0.6) is 0 Å². The van der Waals surface area contributed by atoms with Crippen LogP contribution in [0.4, 0.5) is 11.4 Å². The topological polar surface area (TPSA) is 50.4 Å². The maximum absolute atomic E-state index is 12.0. The van der Waals surface area contributed by atoms with Gasteiger partial charge in [0.2, 0.25) is 5.91 Å². The lowest BCUT2D eigenvalue weighted by Crippen LogP contribution is -2.20. The van der Waals surface area contributed by atoms with Gasteiger partial charge in [-0.2, -0.15) is 0 Å². The molecular weight excluding hydrogens is 240 g/mol. The van der Waals surface area contributed by atoms with Crippen molar-refractivity contribution in [3.63, 3.8) is 0 Å². The molecule has 19 heavy (non-hydrogen) atoms. The zero-order valence-electron chi connectivity index (χ0n) is 11.7. The minimum absolute atomic E-state index is 0.0466. The molecule has 1 amide bonds. The lowest BCUT2D eigenvalue weighted by Gasteiger charge is -2.21. The van der Waals surface area contributed by atoms with E-state index in [2.05, 4.69) is 16.7 Å². The molecule has 0 radical (unpaired) electrons. The van der Waals surface area contributed by atoms with E-state index in [1.165, 1.54) is 5.56 Å². The lowest BCUT2D eigenvalue weighted by atomic mass is 10.0. The summed E-state index contributed by atoms with van der Waals surface area (Å²) in [5.41, 5.74) is 3.27. The molecule has 1 aliphatic heterocycles. The molecule has 4 heteroatoms. The quantitative estimate of drug-likeness (QED) is 0.857. The summed E-state index contributed by atoms with van der Waals surface area (Å²) in [7, 11) is 1.66. The Morgan fingerprint density at radius 2 is 2.37 bits per heavy atom. The number of para-hydroxylation sites is 1. The van der Waals surface area contributed by atoms with Crippen LogP contribution in [0.1, 0.15) is 25.3 Å². The molecule has 4 nitrogen and oxygen atoms in total. The van der Waals surface area contributed by atoms with Crippen molar-refractivity contribution in [1.82, 2.24) is 0 Å². The van der Waals surface area contributed by atoms with Gasteiger partial charge in [-0.1, -0.05) is 19.1 Å². The fourth-order valence-electron chi connectivity index (χ4n) is 2.47. The van der Waals surface area contributed by atoms with Crippen molar-refractivity contribution in [3.05, 3.63) is 23.8 Å². The summed E-state index contributed by atoms with van der Waals surface area (Å²) in [5.74, 6) is 0.280. The molecule has 104 valence electrons. The number of rotatable bonds is 5. The van der Waals surface area contributed by atoms with Gasteiger partial charge >= 0.3 is 0 Å². The van der Waals surface area contributed by atoms with E-state index in [4.69, 9.17) is 4.74 Å². The summed E-state index contributed by atoms with van der Waals surface area (Å²) in [6.07, 6.45) is 2.71. The second kappa shape index (κ2) is 6.57. The molecule has 0 saturated carbocycles. The number of aryl methyl sites for hydroxylation is 1. The summed E-state index contributed by atoms with van der Waals surface area (Å²) in [5, 5.41) is 6.38. The maximum Gasteiger partial charge on any atom is 0.224 e. The number of nitrogens with one attached hydrogen (secondary N) is 2. The van der Waals surface area contributed by atoms with Crippen LogP contribution in [0.15, 0.2) is 18.2 Å². The second-order valence-corrected chi connectivity index (χ2v) is 5.18. The van der Waals surface area contributed by atoms with Crippen molar-refractivity contribution in [2.75, 3.05) is 30.9 Å². The average Bonchev–Trinajstić information content (AvgIpc) is 2.39. The van der Waals surface area contributed by atoms with Crippen LogP contribution in [0.25, 0.3) is 0 Å². The lowest BCUT2D eigenvalue weighted by molar-refractivity contribution is -0.117. The highest BCUT2D eigenvalue weighted by molar-refractivity contribution is 5.95. The van der Waals surface area contributed by atoms with Crippen LogP contribution in [0, 0.1) is 5.92 Å². The van der Waals surface area contributed by atoms with E-state index in [1.807, 2.05) is 19.1 Å². The third-order valence-electron chi connectivity index (χ3n) is 3.33. The van der Waals surface area contributed by atoms with Gasteiger partial charge in [-0.15, -0.1) is 0 Å². The van der Waals surface area contributed by atoms with Crippen LogP contribution < -0.4 is 10.6 Å². The van der Waals surface area contributed by atoms with Gasteiger partial charge < -0.3 is 15.4 Å². The smallest absolute Gasteiger partial charge is 0.224 e. The number of carbonyl (C=O) groups excluding carboxylic acids is 1. The van der Waals surface area contributed by atoms with E-state index in [0.29, 0.717) is 13.0 Å². The van der Waals surface area contributed by atoms with Gasteiger partial charge in [0.1, 0.15) is 0 Å². The SMILES string of the molecule is COCC(C)CC(=O)Nc1cccc2c1NCCC2. The average molecular weight is 262 g/mol. The number of benzene rings is 1. The predicted molar refractivity (Wildman–Crippen MR) is 77.5 cm³/mol. The van der Waals surface area contributed by atoms with E-state index in [9.17, 15) is 4.79 Å². The highest BCUT2D eigenvalue weighted by Crippen LogP contribution is 2.30. The van der Waals surface area contributed by atoms with Gasteiger partial charge in [0.25, 0.3) is 0 Å². The Morgan fingerprint density at radius 1 is 1.53 bits per heavy atom. The van der Waals surface area contributed by atoms with Crippen LogP contribution in [0.3, 0.4) is 0 Å². The molecule has 1 aliphatic rings. The van der Waals surface area contributed by atoms with Crippen LogP contribution in [-0.2, 0) is 16.0 Å². The van der Waals surface area contributed by atoms with Crippen molar-refractivity contribution < 1.29 is 9.53 Å². The van der Waals surface area contributed by atoms with Crippen molar-refractivity contribution in [1.29, 1.82) is 0 Å².